The third-order valence-electron chi connectivity index (χ3n) is 3.61. The van der Waals surface area contributed by atoms with Gasteiger partial charge in [-0.25, -0.2) is 10.5 Å². The van der Waals surface area contributed by atoms with E-state index in [-0.39, 0.29) is 6.61 Å². The fourth-order valence-corrected chi connectivity index (χ4v) is 2.33. The molecule has 1 aromatic rings. The van der Waals surface area contributed by atoms with Crippen molar-refractivity contribution in [2.24, 2.45) is 4.99 Å². The summed E-state index contributed by atoms with van der Waals surface area (Å²) in [6.45, 7) is 6.49. The lowest BCUT2D eigenvalue weighted by atomic mass is 9.96. The van der Waals surface area contributed by atoms with Crippen molar-refractivity contribution in [1.82, 2.24) is 5.48 Å². The number of hydroxylamine groups is 1. The minimum atomic E-state index is -0.675. The first kappa shape index (κ1) is 14.5. The minimum absolute atomic E-state index is 0.164. The molecule has 108 valence electrons. The fraction of sp³-hybridized carbons (Fsp3) is 0.467. The molecular formula is C15H20N2O3. The monoisotopic (exact) mass is 276 g/mol. The molecule has 0 saturated carbocycles. The molecule has 1 heterocycles. The summed E-state index contributed by atoms with van der Waals surface area (Å²) >= 11 is 0. The molecule has 20 heavy (non-hydrogen) atoms. The van der Waals surface area contributed by atoms with Crippen LogP contribution in [-0.2, 0) is 16.0 Å². The van der Waals surface area contributed by atoms with Crippen LogP contribution in [0, 0.1) is 13.8 Å². The Morgan fingerprint density at radius 3 is 2.90 bits per heavy atom. The molecule has 0 saturated heterocycles. The van der Waals surface area contributed by atoms with E-state index in [0.29, 0.717) is 5.90 Å². The number of ether oxygens (including phenoxy) is 1. The number of rotatable bonds is 4. The standard InChI is InChI=1S/C15H20N2O3/c1-4-5-11-7-12(6-9(2)10(11)3)15-16-13(8-20-15)14(18)17-19/h6-7,13,19H,4-5,8H2,1-3H3,(H,17,18)/t13-/m1/s1. The zero-order valence-corrected chi connectivity index (χ0v) is 12.1. The van der Waals surface area contributed by atoms with Crippen LogP contribution in [0.5, 0.6) is 0 Å². The number of benzene rings is 1. The number of aliphatic imine (C=N–C) groups is 1. The van der Waals surface area contributed by atoms with Crippen molar-refractivity contribution < 1.29 is 14.7 Å². The van der Waals surface area contributed by atoms with Crippen molar-refractivity contribution in [2.45, 2.75) is 39.7 Å². The van der Waals surface area contributed by atoms with Crippen LogP contribution in [0.4, 0.5) is 0 Å². The molecule has 0 aromatic heterocycles. The Hall–Kier alpha value is -1.88. The zero-order valence-electron chi connectivity index (χ0n) is 12.1. The van der Waals surface area contributed by atoms with Gasteiger partial charge in [0.2, 0.25) is 5.90 Å². The Balaban J connectivity index is 2.32. The van der Waals surface area contributed by atoms with Gasteiger partial charge in [0, 0.05) is 5.56 Å². The number of carbonyl (C=O) groups excluding carboxylic acids is 1. The molecule has 2 N–H and O–H groups in total. The highest BCUT2D eigenvalue weighted by Crippen LogP contribution is 2.21. The normalized spacial score (nSPS) is 17.6. The molecule has 5 heteroatoms. The second-order valence-electron chi connectivity index (χ2n) is 5.06. The van der Waals surface area contributed by atoms with Crippen LogP contribution in [-0.4, -0.2) is 29.7 Å². The van der Waals surface area contributed by atoms with Crippen molar-refractivity contribution >= 4 is 11.8 Å². The SMILES string of the molecule is CCCc1cc(C2=N[C@@H](C(=O)NO)CO2)cc(C)c1C. The molecule has 5 nitrogen and oxygen atoms in total. The first-order valence-corrected chi connectivity index (χ1v) is 6.81. The smallest absolute Gasteiger partial charge is 0.271 e. The highest BCUT2D eigenvalue weighted by atomic mass is 16.5. The molecule has 1 aliphatic rings. The third kappa shape index (κ3) is 2.82. The van der Waals surface area contributed by atoms with Crippen molar-refractivity contribution in [2.75, 3.05) is 6.61 Å². The second-order valence-corrected chi connectivity index (χ2v) is 5.06. The van der Waals surface area contributed by atoms with Gasteiger partial charge in [-0.2, -0.15) is 0 Å². The maximum Gasteiger partial charge on any atom is 0.271 e. The van der Waals surface area contributed by atoms with Crippen LogP contribution < -0.4 is 5.48 Å². The topological polar surface area (TPSA) is 70.9 Å². The molecule has 2 rings (SSSR count). The lowest BCUT2D eigenvalue weighted by Gasteiger charge is -2.11. The van der Waals surface area contributed by atoms with Crippen LogP contribution in [0.1, 0.15) is 35.6 Å². The van der Waals surface area contributed by atoms with Gasteiger partial charge in [-0.05, 0) is 49.1 Å². The number of nitrogens with zero attached hydrogens (tertiary/aromatic N) is 1. The molecule has 0 spiro atoms. The predicted molar refractivity (Wildman–Crippen MR) is 76.1 cm³/mol. The van der Waals surface area contributed by atoms with Gasteiger partial charge in [0.25, 0.3) is 5.91 Å². The van der Waals surface area contributed by atoms with E-state index in [2.05, 4.69) is 31.8 Å². The summed E-state index contributed by atoms with van der Waals surface area (Å²) in [5.74, 6) is -0.0725. The van der Waals surface area contributed by atoms with Gasteiger partial charge in [0.15, 0.2) is 6.04 Å². The summed E-state index contributed by atoms with van der Waals surface area (Å²) in [7, 11) is 0. The Bertz CT molecular complexity index is 552. The van der Waals surface area contributed by atoms with E-state index in [4.69, 9.17) is 9.94 Å². The fourth-order valence-electron chi connectivity index (χ4n) is 2.33. The molecule has 0 fully saturated rings. The first-order valence-electron chi connectivity index (χ1n) is 6.81. The van der Waals surface area contributed by atoms with E-state index >= 15 is 0 Å². The molecule has 1 aliphatic heterocycles. The second kappa shape index (κ2) is 6.05. The van der Waals surface area contributed by atoms with E-state index in [0.717, 1.165) is 18.4 Å². The van der Waals surface area contributed by atoms with Gasteiger partial charge in [-0.15, -0.1) is 0 Å². The molecule has 0 unspecified atom stereocenters. The van der Waals surface area contributed by atoms with Crippen molar-refractivity contribution in [3.63, 3.8) is 0 Å². The van der Waals surface area contributed by atoms with Gasteiger partial charge in [0.1, 0.15) is 6.61 Å². The van der Waals surface area contributed by atoms with Gasteiger partial charge >= 0.3 is 0 Å². The van der Waals surface area contributed by atoms with E-state index in [1.165, 1.54) is 16.7 Å². The number of nitrogens with one attached hydrogen (secondary N) is 1. The summed E-state index contributed by atoms with van der Waals surface area (Å²) in [6, 6.07) is 3.42. The zero-order chi connectivity index (χ0) is 14.7. The number of amides is 1. The van der Waals surface area contributed by atoms with Gasteiger partial charge in [-0.3, -0.25) is 10.0 Å². The highest BCUT2D eigenvalue weighted by molar-refractivity contribution is 5.98. The van der Waals surface area contributed by atoms with Crippen LogP contribution in [0.15, 0.2) is 17.1 Å². The quantitative estimate of drug-likeness (QED) is 0.652. The Morgan fingerprint density at radius 2 is 2.25 bits per heavy atom. The maximum absolute atomic E-state index is 11.3. The van der Waals surface area contributed by atoms with E-state index in [9.17, 15) is 4.79 Å². The summed E-state index contributed by atoms with van der Waals surface area (Å²) < 4.78 is 5.48. The van der Waals surface area contributed by atoms with Crippen molar-refractivity contribution in [3.8, 4) is 0 Å². The molecule has 1 atom stereocenters. The van der Waals surface area contributed by atoms with Crippen molar-refractivity contribution in [3.05, 3.63) is 34.4 Å². The van der Waals surface area contributed by atoms with E-state index in [1.54, 1.807) is 5.48 Å². The number of aryl methyl sites for hydroxylation is 2. The third-order valence-corrected chi connectivity index (χ3v) is 3.61. The predicted octanol–water partition coefficient (Wildman–Crippen LogP) is 1.91. The number of hydrogen-bond donors (Lipinski definition) is 2. The first-order chi connectivity index (χ1) is 9.56. The molecule has 1 aromatic carbocycles. The van der Waals surface area contributed by atoms with E-state index < -0.39 is 11.9 Å². The summed E-state index contributed by atoms with van der Waals surface area (Å²) in [6.07, 6.45) is 2.08. The minimum Gasteiger partial charge on any atom is -0.475 e. The lowest BCUT2D eigenvalue weighted by molar-refractivity contribution is -0.130. The average molecular weight is 276 g/mol. The average Bonchev–Trinajstić information content (AvgIpc) is 2.92. The van der Waals surface area contributed by atoms with Gasteiger partial charge in [-0.1, -0.05) is 13.3 Å². The Morgan fingerprint density at radius 1 is 1.50 bits per heavy atom. The summed E-state index contributed by atoms with van der Waals surface area (Å²) in [5, 5.41) is 8.62. The van der Waals surface area contributed by atoms with Gasteiger partial charge < -0.3 is 4.74 Å². The van der Waals surface area contributed by atoms with Crippen LogP contribution in [0.25, 0.3) is 0 Å². The Kier molecular flexibility index (Phi) is 4.39. The van der Waals surface area contributed by atoms with Crippen molar-refractivity contribution in [1.29, 1.82) is 0 Å². The van der Waals surface area contributed by atoms with Crippen LogP contribution in [0.3, 0.4) is 0 Å². The molecule has 0 aliphatic carbocycles. The molecule has 0 bridgehead atoms. The number of hydrogen-bond acceptors (Lipinski definition) is 4. The summed E-state index contributed by atoms with van der Waals surface area (Å²) in [4.78, 5) is 15.6. The van der Waals surface area contributed by atoms with Crippen LogP contribution >= 0.6 is 0 Å². The molecular weight excluding hydrogens is 256 g/mol. The largest absolute Gasteiger partial charge is 0.475 e. The van der Waals surface area contributed by atoms with Crippen LogP contribution in [0.2, 0.25) is 0 Å². The highest BCUT2D eigenvalue weighted by Gasteiger charge is 2.26. The van der Waals surface area contributed by atoms with E-state index in [1.807, 2.05) is 6.07 Å². The van der Waals surface area contributed by atoms with Gasteiger partial charge in [0.05, 0.1) is 0 Å². The molecule has 0 radical (unpaired) electrons. The Labute approximate surface area is 118 Å². The lowest BCUT2D eigenvalue weighted by Crippen LogP contribution is -2.31. The molecule has 1 amide bonds. The number of carbonyl (C=O) groups is 1. The summed E-state index contributed by atoms with van der Waals surface area (Å²) in [5.41, 5.74) is 6.26. The maximum atomic E-state index is 11.3.